The van der Waals surface area contributed by atoms with E-state index in [2.05, 4.69) is 0 Å². The van der Waals surface area contributed by atoms with Crippen LogP contribution in [0.3, 0.4) is 0 Å². The molecule has 0 aliphatic carbocycles. The van der Waals surface area contributed by atoms with Gasteiger partial charge in [0.15, 0.2) is 0 Å². The number of rotatable bonds is 5. The van der Waals surface area contributed by atoms with Gasteiger partial charge in [-0.2, -0.15) is 0 Å². The van der Waals surface area contributed by atoms with Crippen molar-refractivity contribution in [2.75, 3.05) is 32.8 Å². The summed E-state index contributed by atoms with van der Waals surface area (Å²) in [5.41, 5.74) is 0.905. The smallest absolute Gasteiger partial charge is 0.246 e. The highest BCUT2D eigenvalue weighted by atomic mass is 16.5. The Hall–Kier alpha value is -2.30. The molecule has 1 aromatic carbocycles. The molecular formula is C22H30N2O3. The van der Waals surface area contributed by atoms with Gasteiger partial charge in [-0.1, -0.05) is 18.2 Å². The van der Waals surface area contributed by atoms with Gasteiger partial charge in [-0.3, -0.25) is 9.59 Å². The molecule has 1 aromatic rings. The van der Waals surface area contributed by atoms with E-state index >= 15 is 0 Å². The minimum absolute atomic E-state index is 0.00479. The summed E-state index contributed by atoms with van der Waals surface area (Å²) in [5.74, 6) is 1.16. The number of carbonyl (C=O) groups is 2. The first-order valence-electron chi connectivity index (χ1n) is 10.2. The zero-order valence-electron chi connectivity index (χ0n) is 16.2. The van der Waals surface area contributed by atoms with Crippen LogP contribution in [0.15, 0.2) is 30.3 Å². The van der Waals surface area contributed by atoms with Crippen LogP contribution in [0.1, 0.15) is 44.6 Å². The highest BCUT2D eigenvalue weighted by molar-refractivity contribution is 5.92. The van der Waals surface area contributed by atoms with Crippen molar-refractivity contribution in [3.8, 4) is 5.75 Å². The maximum Gasteiger partial charge on any atom is 0.246 e. The first kappa shape index (κ1) is 19.5. The Labute approximate surface area is 162 Å². The van der Waals surface area contributed by atoms with E-state index in [-0.39, 0.29) is 11.8 Å². The number of ether oxygens (including phenoxy) is 1. The summed E-state index contributed by atoms with van der Waals surface area (Å²) >= 11 is 0. The summed E-state index contributed by atoms with van der Waals surface area (Å²) in [4.78, 5) is 29.0. The van der Waals surface area contributed by atoms with Crippen molar-refractivity contribution in [1.82, 2.24) is 9.80 Å². The van der Waals surface area contributed by atoms with Gasteiger partial charge >= 0.3 is 0 Å². The van der Waals surface area contributed by atoms with Gasteiger partial charge in [0.2, 0.25) is 11.8 Å². The molecule has 0 N–H and O–H groups in total. The molecule has 0 saturated carbocycles. The zero-order valence-corrected chi connectivity index (χ0v) is 16.2. The standard InChI is InChI=1S/C22H30N2O3/c1-2-27-20-9-5-4-8-18(20)10-11-21(25)23-16-12-19(13-17-23)22(26)24-14-6-3-7-15-24/h4-5,8-11,19H,2-3,6-7,12-17H2,1H3/b11-10+. The number of carbonyl (C=O) groups excluding carboxylic acids is 2. The molecule has 2 heterocycles. The third-order valence-electron chi connectivity index (χ3n) is 5.45. The van der Waals surface area contributed by atoms with E-state index in [1.54, 1.807) is 6.08 Å². The molecule has 2 fully saturated rings. The predicted octanol–water partition coefficient (Wildman–Crippen LogP) is 3.35. The lowest BCUT2D eigenvalue weighted by molar-refractivity contribution is -0.140. The Balaban J connectivity index is 1.52. The number of likely N-dealkylation sites (tertiary alicyclic amines) is 2. The van der Waals surface area contributed by atoms with E-state index in [1.165, 1.54) is 6.42 Å². The molecule has 2 aliphatic rings. The lowest BCUT2D eigenvalue weighted by Crippen LogP contribution is -2.45. The minimum atomic E-state index is 0.00479. The monoisotopic (exact) mass is 370 g/mol. The van der Waals surface area contributed by atoms with Crippen LogP contribution in [0.4, 0.5) is 0 Å². The summed E-state index contributed by atoms with van der Waals surface area (Å²) in [6.07, 6.45) is 8.45. The van der Waals surface area contributed by atoms with Crippen LogP contribution < -0.4 is 4.74 Å². The summed E-state index contributed by atoms with van der Waals surface area (Å²) < 4.78 is 5.59. The third kappa shape index (κ3) is 5.12. The second kappa shape index (κ2) is 9.58. The van der Waals surface area contributed by atoms with Crippen molar-refractivity contribution in [2.24, 2.45) is 5.92 Å². The van der Waals surface area contributed by atoms with E-state index in [1.807, 2.05) is 47.1 Å². The molecule has 146 valence electrons. The summed E-state index contributed by atoms with van der Waals surface area (Å²) in [6, 6.07) is 7.71. The lowest BCUT2D eigenvalue weighted by atomic mass is 9.94. The molecule has 0 radical (unpaired) electrons. The molecule has 3 rings (SSSR count). The zero-order chi connectivity index (χ0) is 19.1. The third-order valence-corrected chi connectivity index (χ3v) is 5.45. The van der Waals surface area contributed by atoms with E-state index in [9.17, 15) is 9.59 Å². The number of benzene rings is 1. The van der Waals surface area contributed by atoms with Crippen LogP contribution in [0.2, 0.25) is 0 Å². The average molecular weight is 370 g/mol. The van der Waals surface area contributed by atoms with Gasteiger partial charge in [0, 0.05) is 43.7 Å². The number of nitrogens with zero attached hydrogens (tertiary/aromatic N) is 2. The van der Waals surface area contributed by atoms with Gasteiger partial charge in [0.1, 0.15) is 5.75 Å². The Morgan fingerprint density at radius 1 is 1.04 bits per heavy atom. The van der Waals surface area contributed by atoms with Crippen LogP contribution in [-0.2, 0) is 9.59 Å². The van der Waals surface area contributed by atoms with Crippen molar-refractivity contribution in [3.63, 3.8) is 0 Å². The molecule has 0 aromatic heterocycles. The maximum atomic E-state index is 12.6. The topological polar surface area (TPSA) is 49.9 Å². The highest BCUT2D eigenvalue weighted by Crippen LogP contribution is 2.23. The molecule has 5 nitrogen and oxygen atoms in total. The van der Waals surface area contributed by atoms with Gasteiger partial charge in [-0.15, -0.1) is 0 Å². The second-order valence-electron chi connectivity index (χ2n) is 7.29. The summed E-state index contributed by atoms with van der Waals surface area (Å²) in [7, 11) is 0. The van der Waals surface area contributed by atoms with Crippen molar-refractivity contribution >= 4 is 17.9 Å². The Bertz CT molecular complexity index is 672. The van der Waals surface area contributed by atoms with Crippen LogP contribution >= 0.6 is 0 Å². The summed E-state index contributed by atoms with van der Waals surface area (Å²) in [5, 5.41) is 0. The second-order valence-corrected chi connectivity index (χ2v) is 7.29. The fraction of sp³-hybridized carbons (Fsp3) is 0.545. The van der Waals surface area contributed by atoms with Crippen molar-refractivity contribution < 1.29 is 14.3 Å². The normalized spacial score (nSPS) is 18.7. The molecule has 2 amide bonds. The fourth-order valence-corrected chi connectivity index (χ4v) is 3.89. The Kier molecular flexibility index (Phi) is 6.91. The van der Waals surface area contributed by atoms with Crippen LogP contribution in [0.25, 0.3) is 6.08 Å². The van der Waals surface area contributed by atoms with Gasteiger partial charge in [-0.25, -0.2) is 0 Å². The van der Waals surface area contributed by atoms with E-state index < -0.39 is 0 Å². The van der Waals surface area contributed by atoms with Gasteiger partial charge in [0.05, 0.1) is 6.61 Å². The quantitative estimate of drug-likeness (QED) is 0.747. The Morgan fingerprint density at radius 2 is 1.74 bits per heavy atom. The lowest BCUT2D eigenvalue weighted by Gasteiger charge is -2.35. The van der Waals surface area contributed by atoms with Gasteiger partial charge < -0.3 is 14.5 Å². The minimum Gasteiger partial charge on any atom is -0.493 e. The SMILES string of the molecule is CCOc1ccccc1/C=C/C(=O)N1CCC(C(=O)N2CCCCC2)CC1. The average Bonchev–Trinajstić information content (AvgIpc) is 2.73. The van der Waals surface area contributed by atoms with Crippen LogP contribution in [-0.4, -0.2) is 54.4 Å². The van der Waals surface area contributed by atoms with Crippen molar-refractivity contribution in [2.45, 2.75) is 39.0 Å². The number of hydrogen-bond acceptors (Lipinski definition) is 3. The molecule has 0 bridgehead atoms. The van der Waals surface area contributed by atoms with Crippen molar-refractivity contribution in [3.05, 3.63) is 35.9 Å². The molecule has 5 heteroatoms. The van der Waals surface area contributed by atoms with E-state index in [0.29, 0.717) is 25.6 Å². The molecule has 0 spiro atoms. The number of para-hydroxylation sites is 1. The molecule has 27 heavy (non-hydrogen) atoms. The van der Waals surface area contributed by atoms with Crippen LogP contribution in [0.5, 0.6) is 5.75 Å². The molecule has 0 unspecified atom stereocenters. The molecule has 2 saturated heterocycles. The first-order chi connectivity index (χ1) is 13.2. The molecular weight excluding hydrogens is 340 g/mol. The van der Waals surface area contributed by atoms with E-state index in [0.717, 1.165) is 50.1 Å². The largest absolute Gasteiger partial charge is 0.493 e. The number of hydrogen-bond donors (Lipinski definition) is 0. The Morgan fingerprint density at radius 3 is 2.44 bits per heavy atom. The number of piperidine rings is 2. The van der Waals surface area contributed by atoms with E-state index in [4.69, 9.17) is 4.74 Å². The first-order valence-corrected chi connectivity index (χ1v) is 10.2. The maximum absolute atomic E-state index is 12.6. The van der Waals surface area contributed by atoms with Gasteiger partial charge in [-0.05, 0) is 51.2 Å². The number of amides is 2. The van der Waals surface area contributed by atoms with Gasteiger partial charge in [0.25, 0.3) is 0 Å². The van der Waals surface area contributed by atoms with Crippen LogP contribution in [0, 0.1) is 5.92 Å². The predicted molar refractivity (Wildman–Crippen MR) is 106 cm³/mol. The highest BCUT2D eigenvalue weighted by Gasteiger charge is 2.30. The van der Waals surface area contributed by atoms with Crippen molar-refractivity contribution in [1.29, 1.82) is 0 Å². The molecule has 2 aliphatic heterocycles. The fourth-order valence-electron chi connectivity index (χ4n) is 3.89. The summed E-state index contributed by atoms with van der Waals surface area (Å²) in [6.45, 7) is 5.65. The molecule has 0 atom stereocenters.